The second kappa shape index (κ2) is 6.51. The van der Waals surface area contributed by atoms with E-state index in [2.05, 4.69) is 4.72 Å². The Bertz CT molecular complexity index is 479. The molecule has 2 N–H and O–H groups in total. The van der Waals surface area contributed by atoms with Gasteiger partial charge in [0.15, 0.2) is 0 Å². The minimum Gasteiger partial charge on any atom is -0.598 e. The number of carbonyl (C=O) groups is 1. The van der Waals surface area contributed by atoms with Crippen LogP contribution in [-0.2, 0) is 16.2 Å². The molecule has 0 aliphatic heterocycles. The van der Waals surface area contributed by atoms with E-state index in [1.807, 2.05) is 0 Å². The number of carboxylic acids is 1. The number of benzene rings is 1. The van der Waals surface area contributed by atoms with Crippen molar-refractivity contribution >= 4 is 17.3 Å². The van der Waals surface area contributed by atoms with Crippen LogP contribution in [0.2, 0.25) is 0 Å². The van der Waals surface area contributed by atoms with Crippen LogP contribution in [0.15, 0.2) is 24.3 Å². The quantitative estimate of drug-likeness (QED) is 0.819. The molecular weight excluding hydrogens is 288 g/mol. The molecule has 1 aromatic rings. The molecule has 2 unspecified atom stereocenters. The molecule has 0 spiro atoms. The van der Waals surface area contributed by atoms with E-state index in [1.165, 1.54) is 12.1 Å². The van der Waals surface area contributed by atoms with Crippen molar-refractivity contribution in [2.75, 3.05) is 0 Å². The van der Waals surface area contributed by atoms with Crippen molar-refractivity contribution in [2.24, 2.45) is 0 Å². The first-order chi connectivity index (χ1) is 9.12. The minimum atomic E-state index is -2.33. The fourth-order valence-electron chi connectivity index (χ4n) is 1.43. The van der Waals surface area contributed by atoms with Crippen LogP contribution in [-0.4, -0.2) is 26.5 Å². The monoisotopic (exact) mass is 305 g/mol. The van der Waals surface area contributed by atoms with Crippen LogP contribution >= 0.6 is 0 Å². The van der Waals surface area contributed by atoms with Crippen molar-refractivity contribution in [3.8, 4) is 0 Å². The van der Waals surface area contributed by atoms with Gasteiger partial charge in [-0.1, -0.05) is 12.1 Å². The Kier molecular flexibility index (Phi) is 5.50. The number of alkyl halides is 1. The van der Waals surface area contributed by atoms with Gasteiger partial charge >= 0.3 is 5.97 Å². The molecule has 0 bridgehead atoms. The lowest BCUT2D eigenvalue weighted by atomic mass is 10.0. The third-order valence-electron chi connectivity index (χ3n) is 2.53. The summed E-state index contributed by atoms with van der Waals surface area (Å²) >= 11 is -1.69. The first-order valence-corrected chi connectivity index (χ1v) is 7.08. The number of hydrogen-bond acceptors (Lipinski definition) is 3. The van der Waals surface area contributed by atoms with E-state index >= 15 is 0 Å². The fraction of sp³-hybridized carbons (Fsp3) is 0.462. The van der Waals surface area contributed by atoms with E-state index < -0.39 is 40.1 Å². The lowest BCUT2D eigenvalue weighted by molar-refractivity contribution is -0.143. The van der Waals surface area contributed by atoms with Gasteiger partial charge in [0.25, 0.3) is 0 Å². The highest BCUT2D eigenvalue weighted by Crippen LogP contribution is 2.25. The normalized spacial score (nSPS) is 16.5. The Hall–Kier alpha value is -1.18. The summed E-state index contributed by atoms with van der Waals surface area (Å²) in [5.41, 5.74) is 0.0949. The molecule has 0 aliphatic rings. The maximum Gasteiger partial charge on any atom is 0.340 e. The first kappa shape index (κ1) is 16.9. The van der Waals surface area contributed by atoms with Crippen molar-refractivity contribution in [3.63, 3.8) is 0 Å². The fourth-order valence-corrected chi connectivity index (χ4v) is 2.27. The SMILES string of the molecule is CC(C)(C)[S+]([O-])NC(c1cccc(F)c1)[C@H](F)C(=O)O. The zero-order valence-electron chi connectivity index (χ0n) is 11.4. The second-order valence-electron chi connectivity index (χ2n) is 5.27. The summed E-state index contributed by atoms with van der Waals surface area (Å²) in [6, 6.07) is 3.52. The first-order valence-electron chi connectivity index (χ1n) is 5.93. The van der Waals surface area contributed by atoms with Crippen LogP contribution in [0.25, 0.3) is 0 Å². The summed E-state index contributed by atoms with van der Waals surface area (Å²) < 4.78 is 40.8. The zero-order valence-corrected chi connectivity index (χ0v) is 12.2. The molecule has 0 aromatic heterocycles. The van der Waals surface area contributed by atoms with Crippen molar-refractivity contribution < 1.29 is 23.2 Å². The highest BCUT2D eigenvalue weighted by atomic mass is 32.2. The predicted octanol–water partition coefficient (Wildman–Crippen LogP) is 2.34. The van der Waals surface area contributed by atoms with Gasteiger partial charge in [-0.3, -0.25) is 0 Å². The van der Waals surface area contributed by atoms with Crippen LogP contribution in [0.1, 0.15) is 32.4 Å². The molecule has 0 amide bonds. The molecule has 0 fully saturated rings. The molecule has 7 heteroatoms. The Morgan fingerprint density at radius 2 is 2.05 bits per heavy atom. The van der Waals surface area contributed by atoms with E-state index in [9.17, 15) is 18.1 Å². The molecule has 0 aliphatic carbocycles. The summed E-state index contributed by atoms with van der Waals surface area (Å²) in [6.45, 7) is 4.98. The Labute approximate surface area is 119 Å². The minimum absolute atomic E-state index is 0.0949. The largest absolute Gasteiger partial charge is 0.598 e. The predicted molar refractivity (Wildman–Crippen MR) is 72.7 cm³/mol. The van der Waals surface area contributed by atoms with Gasteiger partial charge in [-0.2, -0.15) is 0 Å². The smallest absolute Gasteiger partial charge is 0.340 e. The van der Waals surface area contributed by atoms with Crippen LogP contribution in [0.5, 0.6) is 0 Å². The van der Waals surface area contributed by atoms with Gasteiger partial charge in [0, 0.05) is 11.4 Å². The molecule has 0 saturated heterocycles. The Balaban J connectivity index is 3.06. The number of rotatable bonds is 5. The number of carboxylic acid groups (broad SMARTS) is 1. The summed E-state index contributed by atoms with van der Waals surface area (Å²) in [6.07, 6.45) is -2.33. The van der Waals surface area contributed by atoms with E-state index in [1.54, 1.807) is 20.8 Å². The number of hydrogen-bond donors (Lipinski definition) is 2. The number of aliphatic carboxylic acids is 1. The molecule has 0 saturated carbocycles. The van der Waals surface area contributed by atoms with Gasteiger partial charge in [0.05, 0.1) is 0 Å². The van der Waals surface area contributed by atoms with E-state index in [4.69, 9.17) is 5.11 Å². The van der Waals surface area contributed by atoms with Gasteiger partial charge < -0.3 is 9.66 Å². The van der Waals surface area contributed by atoms with Crippen molar-refractivity contribution in [3.05, 3.63) is 35.6 Å². The van der Waals surface area contributed by atoms with Crippen molar-refractivity contribution in [1.29, 1.82) is 0 Å². The molecule has 3 atom stereocenters. The standard InChI is InChI=1S/C13H17F2NO3S/c1-13(2,3)20(19)16-11(10(15)12(17)18)8-5-4-6-9(14)7-8/h4-7,10-11,16H,1-3H3,(H,17,18)/t10-,11?,20?/m0/s1. The van der Waals surface area contributed by atoms with Gasteiger partial charge in [0.2, 0.25) is 6.17 Å². The third-order valence-corrected chi connectivity index (χ3v) is 4.11. The second-order valence-corrected chi connectivity index (χ2v) is 7.27. The average molecular weight is 305 g/mol. The van der Waals surface area contributed by atoms with Gasteiger partial charge in [-0.15, -0.1) is 4.72 Å². The highest BCUT2D eigenvalue weighted by Gasteiger charge is 2.37. The molecule has 20 heavy (non-hydrogen) atoms. The molecule has 112 valence electrons. The van der Waals surface area contributed by atoms with Crippen LogP contribution < -0.4 is 4.72 Å². The van der Waals surface area contributed by atoms with E-state index in [-0.39, 0.29) is 5.56 Å². The summed E-state index contributed by atoms with van der Waals surface area (Å²) in [7, 11) is 0. The average Bonchev–Trinajstić information content (AvgIpc) is 2.33. The molecule has 1 rings (SSSR count). The van der Waals surface area contributed by atoms with E-state index in [0.717, 1.165) is 12.1 Å². The lowest BCUT2D eigenvalue weighted by Crippen LogP contribution is -2.45. The summed E-state index contributed by atoms with van der Waals surface area (Å²) in [4.78, 5) is 10.8. The summed E-state index contributed by atoms with van der Waals surface area (Å²) in [5, 5.41) is 8.79. The Morgan fingerprint density at radius 1 is 1.45 bits per heavy atom. The third kappa shape index (κ3) is 4.43. The van der Waals surface area contributed by atoms with Crippen molar-refractivity contribution in [1.82, 2.24) is 4.72 Å². The molecular formula is C13H17F2NO3S. The van der Waals surface area contributed by atoms with E-state index in [0.29, 0.717) is 0 Å². The molecule has 0 radical (unpaired) electrons. The molecule has 0 heterocycles. The molecule has 1 aromatic carbocycles. The summed E-state index contributed by atoms with van der Waals surface area (Å²) in [5.74, 6) is -2.31. The van der Waals surface area contributed by atoms with Gasteiger partial charge in [0.1, 0.15) is 16.6 Å². The number of halogens is 2. The Morgan fingerprint density at radius 3 is 2.50 bits per heavy atom. The van der Waals surface area contributed by atoms with Crippen LogP contribution in [0.4, 0.5) is 8.78 Å². The zero-order chi connectivity index (χ0) is 15.5. The lowest BCUT2D eigenvalue weighted by Gasteiger charge is -2.28. The van der Waals surface area contributed by atoms with Gasteiger partial charge in [-0.05, 0) is 38.5 Å². The van der Waals surface area contributed by atoms with Crippen molar-refractivity contribution in [2.45, 2.75) is 37.7 Å². The molecule has 4 nitrogen and oxygen atoms in total. The number of nitrogens with one attached hydrogen (secondary N) is 1. The van der Waals surface area contributed by atoms with Gasteiger partial charge in [-0.25, -0.2) is 13.6 Å². The maximum absolute atomic E-state index is 13.8. The van der Waals surface area contributed by atoms with Crippen LogP contribution in [0.3, 0.4) is 0 Å². The topological polar surface area (TPSA) is 72.4 Å². The van der Waals surface area contributed by atoms with Crippen LogP contribution in [0, 0.1) is 5.82 Å². The highest BCUT2D eigenvalue weighted by molar-refractivity contribution is 7.90. The maximum atomic E-state index is 13.8.